The summed E-state index contributed by atoms with van der Waals surface area (Å²) in [5.41, 5.74) is 2.22. The molecule has 1 aromatic rings. The molecule has 132 valence electrons. The first-order valence-electron chi connectivity index (χ1n) is 8.29. The lowest BCUT2D eigenvalue weighted by Gasteiger charge is -2.38. The number of halogens is 1. The van der Waals surface area contributed by atoms with Crippen molar-refractivity contribution >= 4 is 39.5 Å². The van der Waals surface area contributed by atoms with Gasteiger partial charge in [-0.25, -0.2) is 4.79 Å². The van der Waals surface area contributed by atoms with Crippen molar-refractivity contribution in [2.75, 3.05) is 31.3 Å². The molecular formula is C18H25BrN2O2S. The molecule has 1 saturated heterocycles. The SMILES string of the molecule is CSc1cc(Br)cc2c1N(C)[C@@H]1CCN(C(=O)OC(C)(C)C)C[C@H]21. The summed E-state index contributed by atoms with van der Waals surface area (Å²) < 4.78 is 6.67. The Morgan fingerprint density at radius 3 is 2.71 bits per heavy atom. The van der Waals surface area contributed by atoms with Gasteiger partial charge >= 0.3 is 6.09 Å². The number of likely N-dealkylation sites (N-methyl/N-ethyl adjacent to an activating group) is 1. The van der Waals surface area contributed by atoms with Gasteiger partial charge in [0.15, 0.2) is 0 Å². The number of hydrogen-bond donors (Lipinski definition) is 0. The predicted molar refractivity (Wildman–Crippen MR) is 103 cm³/mol. The Hall–Kier alpha value is -0.880. The molecule has 24 heavy (non-hydrogen) atoms. The molecular weight excluding hydrogens is 388 g/mol. The van der Waals surface area contributed by atoms with Crippen LogP contribution in [0.25, 0.3) is 0 Å². The van der Waals surface area contributed by atoms with Gasteiger partial charge in [-0.05, 0) is 51.1 Å². The average molecular weight is 413 g/mol. The summed E-state index contributed by atoms with van der Waals surface area (Å²) in [6.07, 6.45) is 2.89. The van der Waals surface area contributed by atoms with E-state index in [2.05, 4.69) is 46.3 Å². The first-order chi connectivity index (χ1) is 11.2. The van der Waals surface area contributed by atoms with Crippen molar-refractivity contribution in [1.82, 2.24) is 4.90 Å². The molecule has 0 radical (unpaired) electrons. The molecule has 2 aliphatic rings. The fourth-order valence-electron chi connectivity index (χ4n) is 3.78. The van der Waals surface area contributed by atoms with E-state index in [0.29, 0.717) is 12.0 Å². The number of rotatable bonds is 1. The van der Waals surface area contributed by atoms with E-state index in [1.165, 1.54) is 16.1 Å². The van der Waals surface area contributed by atoms with Crippen LogP contribution in [0, 0.1) is 0 Å². The second-order valence-corrected chi connectivity index (χ2v) is 9.31. The Morgan fingerprint density at radius 1 is 1.38 bits per heavy atom. The Bertz CT molecular complexity index is 659. The van der Waals surface area contributed by atoms with Crippen LogP contribution >= 0.6 is 27.7 Å². The van der Waals surface area contributed by atoms with E-state index in [1.807, 2.05) is 25.7 Å². The van der Waals surface area contributed by atoms with E-state index in [1.54, 1.807) is 11.8 Å². The highest BCUT2D eigenvalue weighted by atomic mass is 79.9. The third kappa shape index (κ3) is 3.27. The summed E-state index contributed by atoms with van der Waals surface area (Å²) in [4.78, 5) is 18.0. The maximum absolute atomic E-state index is 12.5. The lowest BCUT2D eigenvalue weighted by molar-refractivity contribution is 0.0190. The number of fused-ring (bicyclic) bond motifs is 3. The van der Waals surface area contributed by atoms with Crippen LogP contribution in [0.3, 0.4) is 0 Å². The first-order valence-corrected chi connectivity index (χ1v) is 10.3. The standard InChI is InChI=1S/C18H25BrN2O2S/c1-18(2,3)23-17(22)21-7-6-14-13(10-21)12-8-11(19)9-15(24-5)16(12)20(14)4/h8-9,13-14H,6-7,10H2,1-5H3/t13-,14-/m1/s1. The zero-order valence-electron chi connectivity index (χ0n) is 14.9. The summed E-state index contributed by atoms with van der Waals surface area (Å²) in [5, 5.41) is 0. The Balaban J connectivity index is 1.88. The minimum Gasteiger partial charge on any atom is -0.444 e. The van der Waals surface area contributed by atoms with Crippen LogP contribution in [-0.4, -0.2) is 49.0 Å². The number of likely N-dealkylation sites (tertiary alicyclic amines) is 1. The van der Waals surface area contributed by atoms with Crippen LogP contribution in [0.15, 0.2) is 21.5 Å². The van der Waals surface area contributed by atoms with Crippen molar-refractivity contribution in [2.24, 2.45) is 0 Å². The van der Waals surface area contributed by atoms with Crippen molar-refractivity contribution < 1.29 is 9.53 Å². The largest absolute Gasteiger partial charge is 0.444 e. The van der Waals surface area contributed by atoms with E-state index < -0.39 is 5.60 Å². The second-order valence-electron chi connectivity index (χ2n) is 7.55. The molecule has 0 N–H and O–H groups in total. The van der Waals surface area contributed by atoms with Crippen LogP contribution < -0.4 is 4.90 Å². The number of piperidine rings is 1. The molecule has 0 bridgehead atoms. The van der Waals surface area contributed by atoms with Gasteiger partial charge in [0.2, 0.25) is 0 Å². The molecule has 0 spiro atoms. The zero-order valence-corrected chi connectivity index (χ0v) is 17.3. The van der Waals surface area contributed by atoms with Crippen LogP contribution in [0.1, 0.15) is 38.7 Å². The number of amides is 1. The fourth-order valence-corrected chi connectivity index (χ4v) is 5.10. The highest BCUT2D eigenvalue weighted by molar-refractivity contribution is 9.10. The topological polar surface area (TPSA) is 32.8 Å². The van der Waals surface area contributed by atoms with Gasteiger partial charge in [0.25, 0.3) is 0 Å². The van der Waals surface area contributed by atoms with Crippen LogP contribution in [0.2, 0.25) is 0 Å². The monoisotopic (exact) mass is 412 g/mol. The number of nitrogens with zero attached hydrogens (tertiary/aromatic N) is 2. The van der Waals surface area contributed by atoms with Gasteiger partial charge in [-0.15, -0.1) is 11.8 Å². The smallest absolute Gasteiger partial charge is 0.410 e. The molecule has 2 aliphatic heterocycles. The van der Waals surface area contributed by atoms with Gasteiger partial charge in [0.05, 0.1) is 5.69 Å². The van der Waals surface area contributed by atoms with E-state index in [-0.39, 0.29) is 6.09 Å². The van der Waals surface area contributed by atoms with Crippen LogP contribution in [-0.2, 0) is 4.74 Å². The summed E-state index contributed by atoms with van der Waals surface area (Å²) in [6.45, 7) is 7.22. The molecule has 1 aromatic carbocycles. The number of benzene rings is 1. The minimum atomic E-state index is -0.451. The van der Waals surface area contributed by atoms with Crippen LogP contribution in [0.4, 0.5) is 10.5 Å². The highest BCUT2D eigenvalue weighted by Gasteiger charge is 2.43. The molecule has 0 saturated carbocycles. The van der Waals surface area contributed by atoms with E-state index >= 15 is 0 Å². The number of carbonyl (C=O) groups is 1. The lowest BCUT2D eigenvalue weighted by Crippen LogP contribution is -2.48. The van der Waals surface area contributed by atoms with Gasteiger partial charge in [-0.3, -0.25) is 0 Å². The van der Waals surface area contributed by atoms with Gasteiger partial charge in [0, 0.05) is 41.5 Å². The molecule has 4 nitrogen and oxygen atoms in total. The molecule has 0 aliphatic carbocycles. The molecule has 1 amide bonds. The lowest BCUT2D eigenvalue weighted by atomic mass is 9.89. The molecule has 6 heteroatoms. The van der Waals surface area contributed by atoms with Crippen molar-refractivity contribution in [2.45, 2.75) is 49.6 Å². The number of hydrogen-bond acceptors (Lipinski definition) is 4. The third-order valence-electron chi connectivity index (χ3n) is 4.77. The quantitative estimate of drug-likeness (QED) is 0.624. The summed E-state index contributed by atoms with van der Waals surface area (Å²) >= 11 is 5.42. The second kappa shape index (κ2) is 6.45. The van der Waals surface area contributed by atoms with Crippen molar-refractivity contribution in [3.8, 4) is 0 Å². The third-order valence-corrected chi connectivity index (χ3v) is 5.98. The molecule has 2 atom stereocenters. The maximum atomic E-state index is 12.5. The van der Waals surface area contributed by atoms with Crippen molar-refractivity contribution in [3.63, 3.8) is 0 Å². The van der Waals surface area contributed by atoms with Gasteiger partial charge < -0.3 is 14.5 Å². The van der Waals surface area contributed by atoms with Gasteiger partial charge in [-0.1, -0.05) is 15.9 Å². The van der Waals surface area contributed by atoms with E-state index in [4.69, 9.17) is 4.74 Å². The maximum Gasteiger partial charge on any atom is 0.410 e. The van der Waals surface area contributed by atoms with Crippen LogP contribution in [0.5, 0.6) is 0 Å². The summed E-state index contributed by atoms with van der Waals surface area (Å²) in [5.74, 6) is 0.342. The molecule has 0 unspecified atom stereocenters. The Morgan fingerprint density at radius 2 is 2.08 bits per heavy atom. The number of thioether (sulfide) groups is 1. The Kier molecular flexibility index (Phi) is 4.82. The number of ether oxygens (including phenoxy) is 1. The van der Waals surface area contributed by atoms with Gasteiger partial charge in [0.1, 0.15) is 5.60 Å². The first kappa shape index (κ1) is 17.9. The minimum absolute atomic E-state index is 0.197. The van der Waals surface area contributed by atoms with E-state index in [0.717, 1.165) is 24.0 Å². The van der Waals surface area contributed by atoms with Crippen molar-refractivity contribution in [1.29, 1.82) is 0 Å². The highest BCUT2D eigenvalue weighted by Crippen LogP contribution is 2.49. The summed E-state index contributed by atoms with van der Waals surface area (Å²) in [7, 11) is 2.18. The number of anilines is 1. The Labute approximate surface area is 157 Å². The van der Waals surface area contributed by atoms with E-state index in [9.17, 15) is 4.79 Å². The van der Waals surface area contributed by atoms with Gasteiger partial charge in [-0.2, -0.15) is 0 Å². The summed E-state index contributed by atoms with van der Waals surface area (Å²) in [6, 6.07) is 4.86. The van der Waals surface area contributed by atoms with Crippen molar-refractivity contribution in [3.05, 3.63) is 22.2 Å². The molecule has 2 heterocycles. The predicted octanol–water partition coefficient (Wildman–Crippen LogP) is 4.71. The number of carbonyl (C=O) groups excluding carboxylic acids is 1. The molecule has 1 fully saturated rings. The molecule has 0 aromatic heterocycles. The average Bonchev–Trinajstić information content (AvgIpc) is 2.77. The fraction of sp³-hybridized carbons (Fsp3) is 0.611. The molecule has 3 rings (SSSR count). The normalized spacial score (nSPS) is 23.1. The zero-order chi connectivity index (χ0) is 17.6.